The first-order valence-electron chi connectivity index (χ1n) is 5.78. The number of aliphatic carboxylic acids is 1. The highest BCUT2D eigenvalue weighted by atomic mass is 16.4. The van der Waals surface area contributed by atoms with E-state index >= 15 is 0 Å². The summed E-state index contributed by atoms with van der Waals surface area (Å²) in [5.74, 6) is -0.865. The summed E-state index contributed by atoms with van der Waals surface area (Å²) in [4.78, 5) is 21.7. The molecule has 1 saturated carbocycles. The second kappa shape index (κ2) is 5.35. The molecule has 0 saturated heterocycles. The number of rotatable bonds is 5. The number of carbonyl (C=O) groups excluding carboxylic acids is 1. The van der Waals surface area contributed by atoms with Gasteiger partial charge in [0.25, 0.3) is 0 Å². The van der Waals surface area contributed by atoms with Crippen LogP contribution in [0.5, 0.6) is 0 Å². The van der Waals surface area contributed by atoms with Gasteiger partial charge in [-0.25, -0.2) is 4.79 Å². The van der Waals surface area contributed by atoms with Gasteiger partial charge in [0.1, 0.15) is 0 Å². The minimum Gasteiger partial charge on any atom is -0.481 e. The van der Waals surface area contributed by atoms with Crippen LogP contribution in [-0.4, -0.2) is 40.9 Å². The fourth-order valence-corrected chi connectivity index (χ4v) is 1.80. The zero-order valence-electron chi connectivity index (χ0n) is 10.2. The van der Waals surface area contributed by atoms with Crippen molar-refractivity contribution in [3.8, 4) is 0 Å². The lowest BCUT2D eigenvalue weighted by Crippen LogP contribution is -2.62. The quantitative estimate of drug-likeness (QED) is 0.523. The topological polar surface area (TPSA) is 98.7 Å². The number of carboxylic acid groups (broad SMARTS) is 1. The normalized spacial score (nSPS) is 25.8. The van der Waals surface area contributed by atoms with Crippen LogP contribution >= 0.6 is 0 Å². The van der Waals surface area contributed by atoms with E-state index in [1.807, 2.05) is 13.8 Å². The van der Waals surface area contributed by atoms with E-state index < -0.39 is 5.97 Å². The molecule has 1 rings (SSSR count). The van der Waals surface area contributed by atoms with E-state index in [1.165, 1.54) is 0 Å². The zero-order valence-corrected chi connectivity index (χ0v) is 10.2. The highest BCUT2D eigenvalue weighted by Gasteiger charge is 2.47. The molecule has 98 valence electrons. The summed E-state index contributed by atoms with van der Waals surface area (Å²) in [5, 5.41) is 23.3. The van der Waals surface area contributed by atoms with Crippen LogP contribution in [0, 0.1) is 5.41 Å². The molecule has 1 aliphatic carbocycles. The maximum Gasteiger partial charge on any atom is 0.315 e. The van der Waals surface area contributed by atoms with Crippen LogP contribution in [0.3, 0.4) is 0 Å². The van der Waals surface area contributed by atoms with Gasteiger partial charge in [0.15, 0.2) is 0 Å². The third kappa shape index (κ3) is 3.59. The van der Waals surface area contributed by atoms with Crippen LogP contribution in [0.1, 0.15) is 33.1 Å². The van der Waals surface area contributed by atoms with Crippen molar-refractivity contribution in [2.24, 2.45) is 5.41 Å². The third-order valence-corrected chi connectivity index (χ3v) is 3.37. The van der Waals surface area contributed by atoms with E-state index in [2.05, 4.69) is 10.6 Å². The van der Waals surface area contributed by atoms with Gasteiger partial charge in [-0.05, 0) is 12.8 Å². The summed E-state index contributed by atoms with van der Waals surface area (Å²) in [6, 6.07) is -0.336. The molecule has 17 heavy (non-hydrogen) atoms. The number of aliphatic hydroxyl groups is 1. The lowest BCUT2D eigenvalue weighted by molar-refractivity contribution is -0.137. The van der Waals surface area contributed by atoms with Crippen molar-refractivity contribution in [2.75, 3.05) is 6.54 Å². The molecule has 0 aliphatic heterocycles. The molecule has 0 heterocycles. The van der Waals surface area contributed by atoms with Gasteiger partial charge in [0.2, 0.25) is 0 Å². The predicted molar refractivity (Wildman–Crippen MR) is 61.6 cm³/mol. The second-order valence-corrected chi connectivity index (χ2v) is 5.02. The minimum absolute atomic E-state index is 0.0306. The Bertz CT molecular complexity index is 304. The zero-order chi connectivity index (χ0) is 13.1. The number of carbonyl (C=O) groups is 2. The number of hydrogen-bond donors (Lipinski definition) is 4. The molecule has 4 N–H and O–H groups in total. The summed E-state index contributed by atoms with van der Waals surface area (Å²) in [7, 11) is 0. The predicted octanol–water partition coefficient (Wildman–Crippen LogP) is 0.310. The van der Waals surface area contributed by atoms with E-state index in [4.69, 9.17) is 5.11 Å². The third-order valence-electron chi connectivity index (χ3n) is 3.37. The second-order valence-electron chi connectivity index (χ2n) is 5.02. The van der Waals surface area contributed by atoms with Gasteiger partial charge in [-0.2, -0.15) is 0 Å². The number of hydrogen-bond acceptors (Lipinski definition) is 3. The first-order chi connectivity index (χ1) is 7.84. The first-order valence-corrected chi connectivity index (χ1v) is 5.78. The molecule has 0 aromatic carbocycles. The molecule has 2 atom stereocenters. The molecule has 0 aromatic heterocycles. The van der Waals surface area contributed by atoms with Gasteiger partial charge in [-0.3, -0.25) is 4.79 Å². The van der Waals surface area contributed by atoms with Crippen LogP contribution < -0.4 is 10.6 Å². The Labute approximate surface area is 100 Å². The summed E-state index contributed by atoms with van der Waals surface area (Å²) in [6.07, 6.45) is 0.655. The lowest BCUT2D eigenvalue weighted by Gasteiger charge is -2.49. The first kappa shape index (κ1) is 13.8. The molecule has 0 aromatic rings. The Kier molecular flexibility index (Phi) is 4.34. The fraction of sp³-hybridized carbons (Fsp3) is 0.818. The molecule has 2 unspecified atom stereocenters. The van der Waals surface area contributed by atoms with Crippen molar-refractivity contribution in [3.05, 3.63) is 0 Å². The highest BCUT2D eigenvalue weighted by Crippen LogP contribution is 2.40. The van der Waals surface area contributed by atoms with E-state index in [-0.39, 0.29) is 30.0 Å². The average Bonchev–Trinajstić information content (AvgIpc) is 2.24. The van der Waals surface area contributed by atoms with Crippen molar-refractivity contribution in [1.82, 2.24) is 10.6 Å². The smallest absolute Gasteiger partial charge is 0.315 e. The van der Waals surface area contributed by atoms with Crippen LogP contribution in [0.25, 0.3) is 0 Å². The Balaban J connectivity index is 2.16. The van der Waals surface area contributed by atoms with Gasteiger partial charge < -0.3 is 20.8 Å². The van der Waals surface area contributed by atoms with Crippen LogP contribution in [0.2, 0.25) is 0 Å². The Morgan fingerprint density at radius 2 is 2.06 bits per heavy atom. The van der Waals surface area contributed by atoms with Crippen LogP contribution in [0.15, 0.2) is 0 Å². The Hall–Kier alpha value is -1.30. The summed E-state index contributed by atoms with van der Waals surface area (Å²) >= 11 is 0. The molecule has 0 radical (unpaired) electrons. The maximum atomic E-state index is 11.4. The fourth-order valence-electron chi connectivity index (χ4n) is 1.80. The highest BCUT2D eigenvalue weighted by molar-refractivity contribution is 5.74. The van der Waals surface area contributed by atoms with E-state index in [0.717, 1.165) is 0 Å². The monoisotopic (exact) mass is 244 g/mol. The largest absolute Gasteiger partial charge is 0.481 e. The summed E-state index contributed by atoms with van der Waals surface area (Å²) in [5.41, 5.74) is -0.293. The van der Waals surface area contributed by atoms with Gasteiger partial charge in [0, 0.05) is 24.4 Å². The molecular weight excluding hydrogens is 224 g/mol. The lowest BCUT2D eigenvalue weighted by atomic mass is 9.65. The molecule has 6 nitrogen and oxygen atoms in total. The van der Waals surface area contributed by atoms with Crippen molar-refractivity contribution in [1.29, 1.82) is 0 Å². The number of urea groups is 1. The van der Waals surface area contributed by atoms with Crippen molar-refractivity contribution in [3.63, 3.8) is 0 Å². The molecule has 6 heteroatoms. The van der Waals surface area contributed by atoms with Crippen molar-refractivity contribution >= 4 is 12.0 Å². The van der Waals surface area contributed by atoms with Gasteiger partial charge in [0.05, 0.1) is 6.10 Å². The minimum atomic E-state index is -0.865. The van der Waals surface area contributed by atoms with E-state index in [1.54, 1.807) is 0 Å². The van der Waals surface area contributed by atoms with E-state index in [0.29, 0.717) is 19.4 Å². The number of aliphatic hydroxyl groups excluding tert-OH is 1. The standard InChI is InChI=1S/C11H20N2O4/c1-11(2)7(6-8(11)14)13-10(17)12-5-3-4-9(15)16/h7-8,14H,3-6H2,1-2H3,(H,15,16)(H2,12,13,17). The molecule has 0 bridgehead atoms. The number of carboxylic acids is 1. The summed E-state index contributed by atoms with van der Waals surface area (Å²) in [6.45, 7) is 4.14. The van der Waals surface area contributed by atoms with Gasteiger partial charge in [-0.1, -0.05) is 13.8 Å². The molecule has 1 aliphatic rings. The number of nitrogens with one attached hydrogen (secondary N) is 2. The molecule has 0 spiro atoms. The molecular formula is C11H20N2O4. The van der Waals surface area contributed by atoms with Crippen molar-refractivity contribution in [2.45, 2.75) is 45.3 Å². The van der Waals surface area contributed by atoms with Crippen LogP contribution in [0.4, 0.5) is 4.79 Å². The van der Waals surface area contributed by atoms with Gasteiger partial charge >= 0.3 is 12.0 Å². The molecule has 1 fully saturated rings. The summed E-state index contributed by atoms with van der Waals surface area (Å²) < 4.78 is 0. The van der Waals surface area contributed by atoms with Crippen molar-refractivity contribution < 1.29 is 19.8 Å². The molecule has 2 amide bonds. The Morgan fingerprint density at radius 3 is 2.53 bits per heavy atom. The van der Waals surface area contributed by atoms with E-state index in [9.17, 15) is 14.7 Å². The van der Waals surface area contributed by atoms with Crippen LogP contribution in [-0.2, 0) is 4.79 Å². The SMILES string of the molecule is CC1(C)C(O)CC1NC(=O)NCCCC(=O)O. The Morgan fingerprint density at radius 1 is 1.41 bits per heavy atom. The van der Waals surface area contributed by atoms with Gasteiger partial charge in [-0.15, -0.1) is 0 Å². The average molecular weight is 244 g/mol. The maximum absolute atomic E-state index is 11.4. The number of amides is 2.